The minimum Gasteiger partial charge on any atom is -0.493 e. The summed E-state index contributed by atoms with van der Waals surface area (Å²) in [5, 5.41) is 12.9. The number of anilines is 1. The van der Waals surface area contributed by atoms with Crippen LogP contribution in [0, 0.1) is 23.1 Å². The summed E-state index contributed by atoms with van der Waals surface area (Å²) in [5.41, 5.74) is 0. The van der Waals surface area contributed by atoms with Gasteiger partial charge in [0.15, 0.2) is 16.6 Å². The number of thiazole rings is 1. The molecule has 1 saturated carbocycles. The summed E-state index contributed by atoms with van der Waals surface area (Å²) in [6.07, 6.45) is 3.50. The van der Waals surface area contributed by atoms with Crippen LogP contribution in [0.1, 0.15) is 24.1 Å². The van der Waals surface area contributed by atoms with Crippen molar-refractivity contribution in [2.24, 2.45) is 5.92 Å². The van der Waals surface area contributed by atoms with Gasteiger partial charge in [0.25, 0.3) is 0 Å². The van der Waals surface area contributed by atoms with Crippen molar-refractivity contribution in [1.82, 2.24) is 10.3 Å². The van der Waals surface area contributed by atoms with Crippen LogP contribution in [0.2, 0.25) is 0 Å². The first-order chi connectivity index (χ1) is 14.1. The molecule has 1 aliphatic carbocycles. The smallest absolute Gasteiger partial charge is 0.223 e. The quantitative estimate of drug-likeness (QED) is 0.779. The fraction of sp³-hybridized carbons (Fsp3) is 0.450. The highest BCUT2D eigenvalue weighted by Gasteiger charge is 2.38. The molecule has 1 aromatic carbocycles. The first-order valence-electron chi connectivity index (χ1n) is 9.47. The Morgan fingerprint density at radius 1 is 1.41 bits per heavy atom. The van der Waals surface area contributed by atoms with Crippen LogP contribution in [0.5, 0.6) is 11.5 Å². The van der Waals surface area contributed by atoms with Crippen LogP contribution in [0.3, 0.4) is 0 Å². The fourth-order valence-corrected chi connectivity index (χ4v) is 4.38. The molecule has 2 aliphatic rings. The van der Waals surface area contributed by atoms with E-state index in [0.29, 0.717) is 35.8 Å². The highest BCUT2D eigenvalue weighted by Crippen LogP contribution is 2.36. The number of hydrogen-bond acceptors (Lipinski definition) is 7. The van der Waals surface area contributed by atoms with Crippen molar-refractivity contribution in [1.29, 1.82) is 5.26 Å². The normalized spacial score (nSPS) is 23.2. The maximum Gasteiger partial charge on any atom is 0.223 e. The molecule has 2 heterocycles. The van der Waals surface area contributed by atoms with Gasteiger partial charge in [-0.2, -0.15) is 5.26 Å². The third kappa shape index (κ3) is 4.27. The van der Waals surface area contributed by atoms with Gasteiger partial charge in [0.05, 0.1) is 13.3 Å². The number of nitrogens with one attached hydrogen (secondary N) is 1. The van der Waals surface area contributed by atoms with Crippen molar-refractivity contribution in [2.45, 2.75) is 31.4 Å². The second-order valence-electron chi connectivity index (χ2n) is 7.26. The van der Waals surface area contributed by atoms with Crippen molar-refractivity contribution >= 4 is 22.4 Å². The molecule has 0 bridgehead atoms. The molecule has 1 aliphatic heterocycles. The number of nitriles is 1. The molecule has 1 saturated heterocycles. The second kappa shape index (κ2) is 8.25. The first-order valence-corrected chi connectivity index (χ1v) is 10.3. The third-order valence-electron chi connectivity index (χ3n) is 5.29. The highest BCUT2D eigenvalue weighted by atomic mass is 32.1. The number of aromatic nitrogens is 1. The van der Waals surface area contributed by atoms with Gasteiger partial charge in [-0.05, 0) is 31.4 Å². The molecule has 7 nitrogen and oxygen atoms in total. The molecule has 1 aromatic heterocycles. The minimum atomic E-state index is -0.387. The minimum absolute atomic E-state index is 0.0276. The van der Waals surface area contributed by atoms with E-state index in [1.807, 2.05) is 0 Å². The summed E-state index contributed by atoms with van der Waals surface area (Å²) >= 11 is 1.37. The fourth-order valence-electron chi connectivity index (χ4n) is 3.63. The number of amides is 1. The topological polar surface area (TPSA) is 87.5 Å². The van der Waals surface area contributed by atoms with E-state index in [1.54, 1.807) is 6.20 Å². The van der Waals surface area contributed by atoms with Gasteiger partial charge in [-0.15, -0.1) is 0 Å². The number of rotatable bonds is 6. The SMILES string of the molecule is COc1ccc(F)cc1OC1CC(C(=O)NC2CCN(c3ncc(C#N)s3)C2)C1. The van der Waals surface area contributed by atoms with E-state index in [-0.39, 0.29) is 29.8 Å². The van der Waals surface area contributed by atoms with Crippen molar-refractivity contribution in [3.63, 3.8) is 0 Å². The number of carbonyl (C=O) groups excluding carboxylic acids is 1. The van der Waals surface area contributed by atoms with Crippen LogP contribution in [0.25, 0.3) is 0 Å². The molecule has 1 N–H and O–H groups in total. The maximum atomic E-state index is 13.4. The van der Waals surface area contributed by atoms with Crippen LogP contribution in [0.4, 0.5) is 9.52 Å². The molecule has 1 unspecified atom stereocenters. The molecule has 1 atom stereocenters. The number of nitrogens with zero attached hydrogens (tertiary/aromatic N) is 3. The summed E-state index contributed by atoms with van der Waals surface area (Å²) in [7, 11) is 1.51. The number of benzene rings is 1. The first kappa shape index (κ1) is 19.5. The van der Waals surface area contributed by atoms with E-state index >= 15 is 0 Å². The summed E-state index contributed by atoms with van der Waals surface area (Å²) in [6, 6.07) is 6.32. The second-order valence-corrected chi connectivity index (χ2v) is 8.27. The van der Waals surface area contributed by atoms with E-state index < -0.39 is 0 Å². The maximum absolute atomic E-state index is 13.4. The zero-order valence-corrected chi connectivity index (χ0v) is 16.7. The Morgan fingerprint density at radius 3 is 2.97 bits per heavy atom. The Balaban J connectivity index is 1.24. The van der Waals surface area contributed by atoms with Gasteiger partial charge in [0, 0.05) is 31.1 Å². The zero-order valence-electron chi connectivity index (χ0n) is 15.9. The molecule has 0 radical (unpaired) electrons. The van der Waals surface area contributed by atoms with Gasteiger partial charge in [0.1, 0.15) is 22.9 Å². The van der Waals surface area contributed by atoms with Gasteiger partial charge in [-0.25, -0.2) is 9.37 Å². The molecule has 29 heavy (non-hydrogen) atoms. The Morgan fingerprint density at radius 2 is 2.24 bits per heavy atom. The molecular formula is C20H21FN4O3S. The molecular weight excluding hydrogens is 395 g/mol. The Bertz CT molecular complexity index is 938. The predicted octanol–water partition coefficient (Wildman–Crippen LogP) is 2.71. The number of ether oxygens (including phenoxy) is 2. The lowest BCUT2D eigenvalue weighted by Gasteiger charge is -2.35. The van der Waals surface area contributed by atoms with E-state index in [0.717, 1.165) is 18.1 Å². The molecule has 2 fully saturated rings. The number of methoxy groups -OCH3 is 1. The summed E-state index contributed by atoms with van der Waals surface area (Å²) < 4.78 is 24.4. The Hall–Kier alpha value is -2.86. The van der Waals surface area contributed by atoms with Crippen molar-refractivity contribution in [3.05, 3.63) is 35.1 Å². The lowest BCUT2D eigenvalue weighted by molar-refractivity contribution is -0.131. The molecule has 2 aromatic rings. The van der Waals surface area contributed by atoms with Gasteiger partial charge in [-0.1, -0.05) is 11.3 Å². The average molecular weight is 416 g/mol. The average Bonchev–Trinajstić information content (AvgIpc) is 3.33. The van der Waals surface area contributed by atoms with E-state index in [4.69, 9.17) is 14.7 Å². The van der Waals surface area contributed by atoms with Gasteiger partial charge in [-0.3, -0.25) is 4.79 Å². The highest BCUT2D eigenvalue weighted by molar-refractivity contribution is 7.16. The summed E-state index contributed by atoms with van der Waals surface area (Å²) in [6.45, 7) is 1.50. The predicted molar refractivity (Wildman–Crippen MR) is 106 cm³/mol. The van der Waals surface area contributed by atoms with Gasteiger partial charge in [0.2, 0.25) is 5.91 Å². The summed E-state index contributed by atoms with van der Waals surface area (Å²) in [5.74, 6) is 0.385. The monoisotopic (exact) mass is 416 g/mol. The Kier molecular flexibility index (Phi) is 5.53. The molecule has 0 spiro atoms. The lowest BCUT2D eigenvalue weighted by atomic mass is 9.81. The van der Waals surface area contributed by atoms with Gasteiger partial charge < -0.3 is 19.7 Å². The van der Waals surface area contributed by atoms with Crippen LogP contribution >= 0.6 is 11.3 Å². The largest absolute Gasteiger partial charge is 0.493 e. The third-order valence-corrected chi connectivity index (χ3v) is 6.26. The number of carbonyl (C=O) groups is 1. The van der Waals surface area contributed by atoms with Gasteiger partial charge >= 0.3 is 0 Å². The molecule has 1 amide bonds. The van der Waals surface area contributed by atoms with Crippen molar-refractivity contribution in [2.75, 3.05) is 25.1 Å². The van der Waals surface area contributed by atoms with Crippen molar-refractivity contribution in [3.8, 4) is 17.6 Å². The van der Waals surface area contributed by atoms with Crippen LogP contribution < -0.4 is 19.7 Å². The van der Waals surface area contributed by atoms with E-state index in [1.165, 1.54) is 36.6 Å². The Labute approximate surface area is 172 Å². The molecule has 152 valence electrons. The number of halogens is 1. The molecule has 4 rings (SSSR count). The van der Waals surface area contributed by atoms with Crippen molar-refractivity contribution < 1.29 is 18.7 Å². The van der Waals surface area contributed by atoms with Crippen LogP contribution in [0.15, 0.2) is 24.4 Å². The summed E-state index contributed by atoms with van der Waals surface area (Å²) in [4.78, 5) is 19.5. The van der Waals surface area contributed by atoms with Crippen LogP contribution in [-0.4, -0.2) is 43.2 Å². The van der Waals surface area contributed by atoms with Crippen LogP contribution in [-0.2, 0) is 4.79 Å². The lowest BCUT2D eigenvalue weighted by Crippen LogP contribution is -2.47. The zero-order chi connectivity index (χ0) is 20.4. The number of hydrogen-bond donors (Lipinski definition) is 1. The van der Waals surface area contributed by atoms with E-state index in [9.17, 15) is 9.18 Å². The van der Waals surface area contributed by atoms with E-state index in [2.05, 4.69) is 21.3 Å². The molecule has 9 heteroatoms. The standard InChI is InChI=1S/C20H21FN4O3S/c1-27-17-3-2-13(21)8-18(17)28-15-6-12(7-15)19(26)24-14-4-5-25(11-14)20-23-10-16(9-22)29-20/h2-3,8,10,12,14-15H,4-7,11H2,1H3,(H,24,26).